The van der Waals surface area contributed by atoms with E-state index in [2.05, 4.69) is 47.0 Å². The molecule has 0 atom stereocenters. The molecule has 2 aromatic rings. The number of hydrogen-bond acceptors (Lipinski definition) is 3. The zero-order valence-corrected chi connectivity index (χ0v) is 9.72. The van der Waals surface area contributed by atoms with Crippen molar-refractivity contribution < 1.29 is 0 Å². The van der Waals surface area contributed by atoms with Gasteiger partial charge in [0.25, 0.3) is 0 Å². The molecule has 3 nitrogen and oxygen atoms in total. The standard InChI is InChI=1S/C7H5N3Se2/c11-6-4-2-1-3-8-5(4)9-7(12)10-6/h1-3H,(H2,8,9,10,11,12). The molecule has 0 aliphatic heterocycles. The van der Waals surface area contributed by atoms with Crippen LogP contribution in [0, 0.1) is 0 Å². The molecular weight excluding hydrogens is 284 g/mol. The number of hydrogen-bond donors (Lipinski definition) is 0. The summed E-state index contributed by atoms with van der Waals surface area (Å²) in [5.41, 5.74) is 0.749. The summed E-state index contributed by atoms with van der Waals surface area (Å²) in [7, 11) is 0. The van der Waals surface area contributed by atoms with Crippen molar-refractivity contribution >= 4 is 52.4 Å². The van der Waals surface area contributed by atoms with Crippen molar-refractivity contribution in [3.05, 3.63) is 18.3 Å². The Hall–Kier alpha value is -0.471. The SMILES string of the molecule is [SeH]c1nc([SeH])c2cccnc2n1. The van der Waals surface area contributed by atoms with Crippen LogP contribution in [0.2, 0.25) is 0 Å². The van der Waals surface area contributed by atoms with E-state index in [1.165, 1.54) is 0 Å². The van der Waals surface area contributed by atoms with E-state index in [0.717, 1.165) is 15.6 Å². The molecule has 0 aliphatic rings. The number of pyridine rings is 1. The normalized spacial score (nSPS) is 10.5. The molecule has 0 unspecified atom stereocenters. The molecule has 0 saturated heterocycles. The van der Waals surface area contributed by atoms with Crippen LogP contribution in [-0.4, -0.2) is 47.0 Å². The molecular formula is C7H5N3Se2. The fraction of sp³-hybridized carbons (Fsp3) is 0. The van der Waals surface area contributed by atoms with Gasteiger partial charge in [0.15, 0.2) is 0 Å². The monoisotopic (exact) mass is 291 g/mol. The molecule has 60 valence electrons. The summed E-state index contributed by atoms with van der Waals surface area (Å²) in [6.07, 6.45) is 1.73. The fourth-order valence-corrected chi connectivity index (χ4v) is 2.28. The third-order valence-corrected chi connectivity index (χ3v) is 2.57. The van der Waals surface area contributed by atoms with Crippen molar-refractivity contribution in [3.8, 4) is 0 Å². The minimum atomic E-state index is 0.698. The van der Waals surface area contributed by atoms with Crippen LogP contribution in [0.4, 0.5) is 0 Å². The van der Waals surface area contributed by atoms with Crippen LogP contribution >= 0.6 is 0 Å². The van der Waals surface area contributed by atoms with Gasteiger partial charge in [0.05, 0.1) is 0 Å². The second kappa shape index (κ2) is 3.11. The van der Waals surface area contributed by atoms with Gasteiger partial charge in [0, 0.05) is 0 Å². The number of aromatic nitrogens is 3. The molecule has 0 saturated carbocycles. The molecule has 0 fully saturated rings. The Kier molecular flexibility index (Phi) is 2.11. The fourth-order valence-electron chi connectivity index (χ4n) is 0.935. The van der Waals surface area contributed by atoms with E-state index in [-0.39, 0.29) is 0 Å². The second-order valence-electron chi connectivity index (χ2n) is 2.22. The first-order chi connectivity index (χ1) is 5.77. The van der Waals surface area contributed by atoms with E-state index in [1.54, 1.807) is 6.20 Å². The Bertz CT molecular complexity index is 430. The van der Waals surface area contributed by atoms with E-state index in [0.29, 0.717) is 4.72 Å². The first-order valence-corrected chi connectivity index (χ1v) is 5.16. The predicted molar refractivity (Wildman–Crippen MR) is 50.9 cm³/mol. The summed E-state index contributed by atoms with van der Waals surface area (Å²) in [6, 6.07) is 3.84. The Morgan fingerprint density at radius 1 is 1.17 bits per heavy atom. The first-order valence-electron chi connectivity index (χ1n) is 3.28. The van der Waals surface area contributed by atoms with Crippen molar-refractivity contribution in [1.82, 2.24) is 15.0 Å². The Morgan fingerprint density at radius 2 is 2.00 bits per heavy atom. The zero-order chi connectivity index (χ0) is 8.55. The third-order valence-electron chi connectivity index (χ3n) is 1.44. The molecule has 0 aromatic carbocycles. The van der Waals surface area contributed by atoms with Crippen LogP contribution in [-0.2, 0) is 0 Å². The van der Waals surface area contributed by atoms with E-state index in [9.17, 15) is 0 Å². The Morgan fingerprint density at radius 3 is 2.83 bits per heavy atom. The van der Waals surface area contributed by atoms with Gasteiger partial charge >= 0.3 is 85.7 Å². The summed E-state index contributed by atoms with van der Waals surface area (Å²) in [5, 5.41) is 0.993. The third kappa shape index (κ3) is 1.37. The molecule has 2 aromatic heterocycles. The van der Waals surface area contributed by atoms with Crippen LogP contribution in [0.1, 0.15) is 0 Å². The van der Waals surface area contributed by atoms with Crippen molar-refractivity contribution in [2.45, 2.75) is 0 Å². The van der Waals surface area contributed by atoms with Crippen LogP contribution in [0.25, 0.3) is 11.0 Å². The summed E-state index contributed by atoms with van der Waals surface area (Å²) in [5.74, 6) is 0. The number of fused-ring (bicyclic) bond motifs is 1. The average molecular weight is 289 g/mol. The summed E-state index contributed by atoms with van der Waals surface area (Å²) in [4.78, 5) is 12.5. The summed E-state index contributed by atoms with van der Waals surface area (Å²) >= 11 is 4.74. The van der Waals surface area contributed by atoms with E-state index in [1.807, 2.05) is 12.1 Å². The van der Waals surface area contributed by atoms with Crippen molar-refractivity contribution in [3.63, 3.8) is 0 Å². The molecule has 0 aliphatic carbocycles. The summed E-state index contributed by atoms with van der Waals surface area (Å²) in [6.45, 7) is 0. The first kappa shape index (κ1) is 8.14. The minimum absolute atomic E-state index is 0.698. The van der Waals surface area contributed by atoms with Gasteiger partial charge in [-0.15, -0.1) is 0 Å². The Labute approximate surface area is 85.6 Å². The zero-order valence-electron chi connectivity index (χ0n) is 5.97. The van der Waals surface area contributed by atoms with E-state index >= 15 is 0 Å². The van der Waals surface area contributed by atoms with Crippen molar-refractivity contribution in [1.29, 1.82) is 0 Å². The van der Waals surface area contributed by atoms with Crippen LogP contribution < -0.4 is 9.32 Å². The van der Waals surface area contributed by atoms with Gasteiger partial charge in [-0.25, -0.2) is 0 Å². The quantitative estimate of drug-likeness (QED) is 0.531. The van der Waals surface area contributed by atoms with Gasteiger partial charge in [-0.05, 0) is 0 Å². The Balaban J connectivity index is 2.89. The van der Waals surface area contributed by atoms with Crippen molar-refractivity contribution in [2.75, 3.05) is 0 Å². The molecule has 2 rings (SSSR count). The van der Waals surface area contributed by atoms with Gasteiger partial charge in [0.2, 0.25) is 0 Å². The van der Waals surface area contributed by atoms with Gasteiger partial charge in [-0.3, -0.25) is 0 Å². The summed E-state index contributed by atoms with van der Waals surface area (Å²) < 4.78 is 1.61. The number of nitrogens with zero attached hydrogens (tertiary/aromatic N) is 3. The van der Waals surface area contributed by atoms with Crippen LogP contribution in [0.15, 0.2) is 18.3 Å². The van der Waals surface area contributed by atoms with E-state index < -0.39 is 0 Å². The molecule has 0 N–H and O–H groups in total. The average Bonchev–Trinajstić information content (AvgIpc) is 2.04. The molecule has 0 bridgehead atoms. The molecule has 0 amide bonds. The van der Waals surface area contributed by atoms with Crippen LogP contribution in [0.5, 0.6) is 0 Å². The molecule has 0 spiro atoms. The topological polar surface area (TPSA) is 38.7 Å². The molecule has 5 heteroatoms. The maximum atomic E-state index is 4.20. The van der Waals surface area contributed by atoms with Gasteiger partial charge in [0.1, 0.15) is 0 Å². The number of rotatable bonds is 0. The maximum absolute atomic E-state index is 4.20. The second-order valence-corrected chi connectivity index (χ2v) is 3.95. The van der Waals surface area contributed by atoms with Crippen LogP contribution in [0.3, 0.4) is 0 Å². The molecule has 12 heavy (non-hydrogen) atoms. The van der Waals surface area contributed by atoms with Gasteiger partial charge in [-0.1, -0.05) is 0 Å². The predicted octanol–water partition coefficient (Wildman–Crippen LogP) is -1.92. The van der Waals surface area contributed by atoms with Gasteiger partial charge in [-0.2, -0.15) is 0 Å². The van der Waals surface area contributed by atoms with E-state index in [4.69, 9.17) is 0 Å². The molecule has 0 radical (unpaired) electrons. The molecule has 2 heterocycles. The van der Waals surface area contributed by atoms with Crippen molar-refractivity contribution in [2.24, 2.45) is 0 Å². The van der Waals surface area contributed by atoms with Gasteiger partial charge < -0.3 is 0 Å².